The van der Waals surface area contributed by atoms with Gasteiger partial charge in [0, 0.05) is 24.5 Å². The van der Waals surface area contributed by atoms with Gasteiger partial charge < -0.3 is 18.9 Å². The van der Waals surface area contributed by atoms with Crippen molar-refractivity contribution in [3.8, 4) is 23.4 Å². The first kappa shape index (κ1) is 29.8. The number of ether oxygens (including phenoxy) is 4. The lowest BCUT2D eigenvalue weighted by atomic mass is 10.1. The Hall–Kier alpha value is -4.19. The van der Waals surface area contributed by atoms with Gasteiger partial charge >= 0.3 is 11.8 Å². The summed E-state index contributed by atoms with van der Waals surface area (Å²) in [6.07, 6.45) is -1.39. The second kappa shape index (κ2) is 12.5. The summed E-state index contributed by atoms with van der Waals surface area (Å²) in [4.78, 5) is 51.4. The van der Waals surface area contributed by atoms with Crippen molar-refractivity contribution in [3.63, 3.8) is 0 Å². The van der Waals surface area contributed by atoms with Gasteiger partial charge in [-0.25, -0.2) is 9.59 Å². The summed E-state index contributed by atoms with van der Waals surface area (Å²) in [7, 11) is 0. The number of rotatable bonds is 7. The standard InChI is InChI=1S/C25H24Cl2N6O8/c1-12(2)16-10-20(31-32(23(16)35)13(3)39-25(37)40-15-4-6-38-7-5-15)41-21-17(26)8-14(9-18(21)27)33-24(36)29-22(34)19(11-28)30-33/h8-10,12-13,15H,4-7H2,1-3H3,(H,29,34,36). The number of halogens is 2. The predicted molar refractivity (Wildman–Crippen MR) is 144 cm³/mol. The van der Waals surface area contributed by atoms with Gasteiger partial charge in [0.15, 0.2) is 12.0 Å². The zero-order valence-electron chi connectivity index (χ0n) is 22.1. The fourth-order valence-electron chi connectivity index (χ4n) is 3.88. The van der Waals surface area contributed by atoms with E-state index >= 15 is 0 Å². The van der Waals surface area contributed by atoms with Crippen LogP contribution in [-0.4, -0.2) is 50.0 Å². The molecule has 16 heteroatoms. The van der Waals surface area contributed by atoms with Gasteiger partial charge in [-0.3, -0.25) is 14.6 Å². The quantitative estimate of drug-likeness (QED) is 0.389. The van der Waals surface area contributed by atoms with E-state index in [-0.39, 0.29) is 39.4 Å². The third kappa shape index (κ3) is 6.76. The Morgan fingerprint density at radius 2 is 1.78 bits per heavy atom. The van der Waals surface area contributed by atoms with Crippen molar-refractivity contribution in [1.29, 1.82) is 5.26 Å². The van der Waals surface area contributed by atoms with Crippen molar-refractivity contribution >= 4 is 29.4 Å². The molecule has 1 aromatic carbocycles. The smallest absolute Gasteiger partial charge is 0.434 e. The zero-order chi connectivity index (χ0) is 29.8. The summed E-state index contributed by atoms with van der Waals surface area (Å²) in [5.74, 6) is -0.430. The molecule has 1 saturated heterocycles. The van der Waals surface area contributed by atoms with Crippen LogP contribution in [0.2, 0.25) is 10.0 Å². The molecule has 1 unspecified atom stereocenters. The predicted octanol–water partition coefficient (Wildman–Crippen LogP) is 3.42. The monoisotopic (exact) mass is 606 g/mol. The number of nitrogens with zero attached hydrogens (tertiary/aromatic N) is 5. The largest absolute Gasteiger partial charge is 0.510 e. The summed E-state index contributed by atoms with van der Waals surface area (Å²) in [5.41, 5.74) is -2.57. The highest BCUT2D eigenvalue weighted by Crippen LogP contribution is 2.38. The van der Waals surface area contributed by atoms with E-state index < -0.39 is 34.9 Å². The Morgan fingerprint density at radius 1 is 1.12 bits per heavy atom. The molecule has 1 aliphatic rings. The molecule has 1 aliphatic heterocycles. The number of H-pyrrole nitrogens is 1. The molecule has 0 radical (unpaired) electrons. The Kier molecular flexibility index (Phi) is 9.11. The maximum absolute atomic E-state index is 13.1. The summed E-state index contributed by atoms with van der Waals surface area (Å²) >= 11 is 12.8. The van der Waals surface area contributed by atoms with E-state index in [1.807, 2.05) is 4.98 Å². The Bertz CT molecular complexity index is 1660. The molecule has 0 spiro atoms. The molecular formula is C25H24Cl2N6O8. The summed E-state index contributed by atoms with van der Waals surface area (Å²) in [6, 6.07) is 5.54. The van der Waals surface area contributed by atoms with Crippen LogP contribution < -0.4 is 21.5 Å². The van der Waals surface area contributed by atoms with E-state index in [1.54, 1.807) is 19.9 Å². The fourth-order valence-corrected chi connectivity index (χ4v) is 4.44. The molecule has 1 atom stereocenters. The number of hydrogen-bond donors (Lipinski definition) is 1. The van der Waals surface area contributed by atoms with E-state index in [2.05, 4.69) is 10.2 Å². The van der Waals surface area contributed by atoms with E-state index in [9.17, 15) is 19.2 Å². The maximum atomic E-state index is 13.1. The van der Waals surface area contributed by atoms with Crippen LogP contribution in [0.5, 0.6) is 11.6 Å². The Labute approximate surface area is 241 Å². The molecule has 0 saturated carbocycles. The molecule has 14 nitrogen and oxygen atoms in total. The first-order valence-electron chi connectivity index (χ1n) is 12.4. The van der Waals surface area contributed by atoms with Gasteiger partial charge in [-0.1, -0.05) is 37.0 Å². The van der Waals surface area contributed by atoms with Crippen molar-refractivity contribution in [2.45, 2.75) is 51.9 Å². The Balaban J connectivity index is 1.64. The average molecular weight is 607 g/mol. The number of nitrogens with one attached hydrogen (secondary N) is 1. The van der Waals surface area contributed by atoms with E-state index in [0.29, 0.717) is 31.6 Å². The second-order valence-corrected chi connectivity index (χ2v) is 10.0. The van der Waals surface area contributed by atoms with Gasteiger partial charge in [-0.15, -0.1) is 10.2 Å². The van der Waals surface area contributed by atoms with Gasteiger partial charge in [-0.05, 0) is 25.0 Å². The first-order chi connectivity index (χ1) is 19.5. The molecule has 2 aromatic heterocycles. The van der Waals surface area contributed by atoms with Crippen molar-refractivity contribution in [1.82, 2.24) is 24.5 Å². The topological polar surface area (TPSA) is 180 Å². The number of carbonyl (C=O) groups excluding carboxylic acids is 1. The fraction of sp³-hybridized carbons (Fsp3) is 0.400. The van der Waals surface area contributed by atoms with Crippen LogP contribution in [0.25, 0.3) is 5.69 Å². The van der Waals surface area contributed by atoms with E-state index in [0.717, 1.165) is 9.36 Å². The lowest BCUT2D eigenvalue weighted by Crippen LogP contribution is -2.33. The van der Waals surface area contributed by atoms with Crippen molar-refractivity contribution < 1.29 is 23.7 Å². The third-order valence-electron chi connectivity index (χ3n) is 5.97. The van der Waals surface area contributed by atoms with Gasteiger partial charge in [0.25, 0.3) is 11.1 Å². The number of carbonyl (C=O) groups is 1. The van der Waals surface area contributed by atoms with Crippen LogP contribution in [0, 0.1) is 11.3 Å². The molecule has 1 N–H and O–H groups in total. The number of hydrogen-bond acceptors (Lipinski definition) is 11. The number of aromatic nitrogens is 5. The number of benzene rings is 1. The molecule has 216 valence electrons. The normalized spacial score (nSPS) is 14.4. The van der Waals surface area contributed by atoms with Crippen LogP contribution in [-0.2, 0) is 14.2 Å². The lowest BCUT2D eigenvalue weighted by Gasteiger charge is -2.23. The van der Waals surface area contributed by atoms with E-state index in [1.165, 1.54) is 25.1 Å². The van der Waals surface area contributed by atoms with Crippen LogP contribution >= 0.6 is 23.2 Å². The minimum atomic E-state index is -1.16. The molecule has 41 heavy (non-hydrogen) atoms. The van der Waals surface area contributed by atoms with Gasteiger partial charge in [0.05, 0.1) is 28.9 Å². The molecule has 3 heterocycles. The highest BCUT2D eigenvalue weighted by Gasteiger charge is 2.24. The number of nitriles is 1. The summed E-state index contributed by atoms with van der Waals surface area (Å²) in [6.45, 7) is 5.96. The molecule has 1 fully saturated rings. The van der Waals surface area contributed by atoms with E-state index in [4.69, 9.17) is 47.4 Å². The second-order valence-electron chi connectivity index (χ2n) is 9.21. The van der Waals surface area contributed by atoms with Crippen LogP contribution in [0.15, 0.2) is 32.6 Å². The van der Waals surface area contributed by atoms with Crippen LogP contribution in [0.4, 0.5) is 4.79 Å². The van der Waals surface area contributed by atoms with Crippen molar-refractivity contribution in [2.24, 2.45) is 0 Å². The highest BCUT2D eigenvalue weighted by atomic mass is 35.5. The lowest BCUT2D eigenvalue weighted by molar-refractivity contribution is -0.0517. The first-order valence-corrected chi connectivity index (χ1v) is 13.1. The Morgan fingerprint density at radius 3 is 2.39 bits per heavy atom. The number of aromatic amines is 1. The van der Waals surface area contributed by atoms with Gasteiger partial charge in [0.1, 0.15) is 12.2 Å². The SMILES string of the molecule is CC(C)c1cc(Oc2c(Cl)cc(-n3nc(C#N)c(=O)[nH]c3=O)cc2Cl)nn(C(C)OC(=O)OC2CCOCC2)c1=O. The minimum absolute atomic E-state index is 0.0379. The summed E-state index contributed by atoms with van der Waals surface area (Å²) in [5, 5.41) is 16.8. The molecule has 4 rings (SSSR count). The van der Waals surface area contributed by atoms with Gasteiger partial charge in [0.2, 0.25) is 11.6 Å². The van der Waals surface area contributed by atoms with Crippen LogP contribution in [0.3, 0.4) is 0 Å². The zero-order valence-corrected chi connectivity index (χ0v) is 23.6. The average Bonchev–Trinajstić information content (AvgIpc) is 2.91. The van der Waals surface area contributed by atoms with Crippen molar-refractivity contribution in [3.05, 3.63) is 70.7 Å². The summed E-state index contributed by atoms with van der Waals surface area (Å²) < 4.78 is 23.4. The molecule has 3 aromatic rings. The molecule has 0 bridgehead atoms. The minimum Gasteiger partial charge on any atom is -0.434 e. The highest BCUT2D eigenvalue weighted by molar-refractivity contribution is 6.37. The van der Waals surface area contributed by atoms with Crippen molar-refractivity contribution in [2.75, 3.05) is 13.2 Å². The maximum Gasteiger partial charge on any atom is 0.510 e. The van der Waals surface area contributed by atoms with Crippen LogP contribution in [0.1, 0.15) is 57.0 Å². The molecule has 0 amide bonds. The van der Waals surface area contributed by atoms with Gasteiger partial charge in [-0.2, -0.15) is 14.6 Å². The third-order valence-corrected chi connectivity index (χ3v) is 6.53. The molecular weight excluding hydrogens is 583 g/mol. The molecule has 0 aliphatic carbocycles.